The summed E-state index contributed by atoms with van der Waals surface area (Å²) in [5.74, 6) is 0.0585. The first-order valence-electron chi connectivity index (χ1n) is 5.01. The van der Waals surface area contributed by atoms with Crippen molar-refractivity contribution in [3.8, 4) is 0 Å². The highest BCUT2D eigenvalue weighted by molar-refractivity contribution is 6.28. The maximum Gasteiger partial charge on any atom is 0.329 e. The maximum atomic E-state index is 10.7. The number of rotatable bonds is 5. The molecule has 2 N–H and O–H groups in total. The van der Waals surface area contributed by atoms with Crippen molar-refractivity contribution in [2.45, 2.75) is 32.4 Å². The van der Waals surface area contributed by atoms with Crippen LogP contribution in [0.1, 0.15) is 20.3 Å². The summed E-state index contributed by atoms with van der Waals surface area (Å²) in [6.07, 6.45) is 0.986. The highest BCUT2D eigenvalue weighted by atomic mass is 35.5. The number of aliphatic hydroxyl groups is 1. The Morgan fingerprint density at radius 1 is 1.65 bits per heavy atom. The third kappa shape index (κ3) is 4.12. The van der Waals surface area contributed by atoms with E-state index in [1.54, 1.807) is 13.8 Å². The molecule has 17 heavy (non-hydrogen) atoms. The van der Waals surface area contributed by atoms with Crippen LogP contribution >= 0.6 is 11.6 Å². The lowest BCUT2D eigenvalue weighted by molar-refractivity contribution is -0.384. The number of hydrogen-bond acceptors (Lipinski definition) is 6. The topological polar surface area (TPSA) is 101 Å². The van der Waals surface area contributed by atoms with Crippen LogP contribution in [0.2, 0.25) is 5.28 Å². The van der Waals surface area contributed by atoms with Gasteiger partial charge in [0.25, 0.3) is 0 Å². The molecule has 0 spiro atoms. The minimum absolute atomic E-state index is 0.0585. The Morgan fingerprint density at radius 3 is 2.82 bits per heavy atom. The van der Waals surface area contributed by atoms with E-state index in [2.05, 4.69) is 15.3 Å². The molecule has 94 valence electrons. The van der Waals surface area contributed by atoms with E-state index in [9.17, 15) is 15.2 Å². The molecule has 0 aliphatic carbocycles. The number of nitro groups is 1. The zero-order valence-electron chi connectivity index (χ0n) is 9.42. The van der Waals surface area contributed by atoms with Crippen LogP contribution in [0.4, 0.5) is 11.5 Å². The van der Waals surface area contributed by atoms with Crippen molar-refractivity contribution in [1.29, 1.82) is 0 Å². The average Bonchev–Trinajstić information content (AvgIpc) is 2.15. The fourth-order valence-electron chi connectivity index (χ4n) is 1.40. The summed E-state index contributed by atoms with van der Waals surface area (Å²) < 4.78 is 0. The van der Waals surface area contributed by atoms with Crippen LogP contribution < -0.4 is 5.32 Å². The average molecular weight is 261 g/mol. The second-order valence-corrected chi connectivity index (χ2v) is 4.10. The lowest BCUT2D eigenvalue weighted by Crippen LogP contribution is -2.22. The molecule has 2 unspecified atom stereocenters. The van der Waals surface area contributed by atoms with Gasteiger partial charge in [0.1, 0.15) is 6.20 Å². The Balaban J connectivity index is 2.88. The second kappa shape index (κ2) is 5.74. The molecule has 7 nitrogen and oxygen atoms in total. The fourth-order valence-corrected chi connectivity index (χ4v) is 1.53. The van der Waals surface area contributed by atoms with Gasteiger partial charge in [0.05, 0.1) is 11.0 Å². The van der Waals surface area contributed by atoms with Gasteiger partial charge in [0, 0.05) is 6.04 Å². The molecule has 8 heteroatoms. The Morgan fingerprint density at radius 2 is 2.29 bits per heavy atom. The smallest absolute Gasteiger partial charge is 0.329 e. The van der Waals surface area contributed by atoms with Gasteiger partial charge in [-0.3, -0.25) is 10.1 Å². The minimum atomic E-state index is -0.590. The quantitative estimate of drug-likeness (QED) is 0.474. The van der Waals surface area contributed by atoms with Crippen LogP contribution in [0.5, 0.6) is 0 Å². The van der Waals surface area contributed by atoms with Crippen LogP contribution in [0.3, 0.4) is 0 Å². The molecule has 1 aromatic heterocycles. The SMILES string of the molecule is CC(O)CC(C)Nc1nc(Cl)ncc1[N+](=O)[O-]. The molecular weight excluding hydrogens is 248 g/mol. The molecule has 0 saturated carbocycles. The Kier molecular flexibility index (Phi) is 4.59. The summed E-state index contributed by atoms with van der Waals surface area (Å²) >= 11 is 5.58. The molecular formula is C9H13ClN4O3. The Labute approximate surface area is 103 Å². The van der Waals surface area contributed by atoms with Gasteiger partial charge in [-0.1, -0.05) is 0 Å². The first kappa shape index (κ1) is 13.6. The van der Waals surface area contributed by atoms with E-state index >= 15 is 0 Å². The highest BCUT2D eigenvalue weighted by Crippen LogP contribution is 2.23. The van der Waals surface area contributed by atoms with Crippen molar-refractivity contribution in [3.63, 3.8) is 0 Å². The molecule has 0 saturated heterocycles. The predicted octanol–water partition coefficient (Wildman–Crippen LogP) is 1.61. The van der Waals surface area contributed by atoms with Gasteiger partial charge in [0.2, 0.25) is 11.1 Å². The van der Waals surface area contributed by atoms with Crippen molar-refractivity contribution < 1.29 is 10.0 Å². The first-order valence-corrected chi connectivity index (χ1v) is 5.39. The van der Waals surface area contributed by atoms with E-state index in [0.717, 1.165) is 6.20 Å². The number of nitrogens with one attached hydrogen (secondary N) is 1. The van der Waals surface area contributed by atoms with Crippen LogP contribution in [-0.4, -0.2) is 32.1 Å². The van der Waals surface area contributed by atoms with E-state index in [1.165, 1.54) is 0 Å². The number of hydrogen-bond donors (Lipinski definition) is 2. The van der Waals surface area contributed by atoms with E-state index < -0.39 is 11.0 Å². The molecule has 0 amide bonds. The van der Waals surface area contributed by atoms with Gasteiger partial charge in [-0.2, -0.15) is 4.98 Å². The van der Waals surface area contributed by atoms with Crippen molar-refractivity contribution >= 4 is 23.1 Å². The number of aromatic nitrogens is 2. The first-order chi connectivity index (χ1) is 7.90. The van der Waals surface area contributed by atoms with Crippen molar-refractivity contribution in [3.05, 3.63) is 21.6 Å². The van der Waals surface area contributed by atoms with E-state index in [-0.39, 0.29) is 22.8 Å². The molecule has 1 rings (SSSR count). The molecule has 0 aromatic carbocycles. The zero-order chi connectivity index (χ0) is 13.0. The summed E-state index contributed by atoms with van der Waals surface area (Å²) in [5.41, 5.74) is -0.244. The predicted molar refractivity (Wildman–Crippen MR) is 63.1 cm³/mol. The van der Waals surface area contributed by atoms with Crippen molar-refractivity contribution in [2.24, 2.45) is 0 Å². The van der Waals surface area contributed by atoms with E-state index in [1.807, 2.05) is 0 Å². The second-order valence-electron chi connectivity index (χ2n) is 3.76. The number of nitrogens with zero attached hydrogens (tertiary/aromatic N) is 3. The number of anilines is 1. The van der Waals surface area contributed by atoms with Crippen LogP contribution in [-0.2, 0) is 0 Å². The lowest BCUT2D eigenvalue weighted by atomic mass is 10.1. The van der Waals surface area contributed by atoms with Crippen LogP contribution in [0.25, 0.3) is 0 Å². The monoisotopic (exact) mass is 260 g/mol. The Bertz CT molecular complexity index is 413. The maximum absolute atomic E-state index is 10.7. The summed E-state index contributed by atoms with van der Waals surface area (Å²) in [6, 6.07) is -0.167. The molecule has 0 radical (unpaired) electrons. The number of halogens is 1. The van der Waals surface area contributed by atoms with Gasteiger partial charge in [0.15, 0.2) is 0 Å². The third-order valence-electron chi connectivity index (χ3n) is 2.01. The van der Waals surface area contributed by atoms with Gasteiger partial charge in [-0.05, 0) is 31.9 Å². The molecule has 1 heterocycles. The summed E-state index contributed by atoms with van der Waals surface area (Å²) in [6.45, 7) is 3.42. The Hall–Kier alpha value is -1.47. The van der Waals surface area contributed by atoms with Crippen LogP contribution in [0.15, 0.2) is 6.20 Å². The molecule has 0 fully saturated rings. The van der Waals surface area contributed by atoms with Gasteiger partial charge >= 0.3 is 5.69 Å². The third-order valence-corrected chi connectivity index (χ3v) is 2.20. The number of aliphatic hydroxyl groups excluding tert-OH is 1. The van der Waals surface area contributed by atoms with Crippen molar-refractivity contribution in [1.82, 2.24) is 9.97 Å². The molecule has 0 aliphatic heterocycles. The summed E-state index contributed by atoms with van der Waals surface area (Å²) in [5, 5.41) is 22.7. The molecule has 0 aliphatic rings. The fraction of sp³-hybridized carbons (Fsp3) is 0.556. The standard InChI is InChI=1S/C9H13ClN4O3/c1-5(3-6(2)15)12-8-7(14(16)17)4-11-9(10)13-8/h4-6,15H,3H2,1-2H3,(H,11,12,13). The van der Waals surface area contributed by atoms with Crippen molar-refractivity contribution in [2.75, 3.05) is 5.32 Å². The van der Waals surface area contributed by atoms with E-state index in [0.29, 0.717) is 6.42 Å². The minimum Gasteiger partial charge on any atom is -0.393 e. The van der Waals surface area contributed by atoms with E-state index in [4.69, 9.17) is 11.6 Å². The van der Waals surface area contributed by atoms with Gasteiger partial charge < -0.3 is 10.4 Å². The largest absolute Gasteiger partial charge is 0.393 e. The molecule has 2 atom stereocenters. The zero-order valence-corrected chi connectivity index (χ0v) is 10.2. The summed E-state index contributed by atoms with van der Waals surface area (Å²) in [4.78, 5) is 17.5. The normalized spacial score (nSPS) is 14.1. The van der Waals surface area contributed by atoms with Crippen LogP contribution in [0, 0.1) is 10.1 Å². The molecule has 1 aromatic rings. The lowest BCUT2D eigenvalue weighted by Gasteiger charge is -2.15. The summed E-state index contributed by atoms with van der Waals surface area (Å²) in [7, 11) is 0. The molecule has 0 bridgehead atoms. The van der Waals surface area contributed by atoms with Gasteiger partial charge in [-0.15, -0.1) is 0 Å². The highest BCUT2D eigenvalue weighted by Gasteiger charge is 2.18. The van der Waals surface area contributed by atoms with Gasteiger partial charge in [-0.25, -0.2) is 4.98 Å².